The van der Waals surface area contributed by atoms with Gasteiger partial charge in [0.2, 0.25) is 5.91 Å². The van der Waals surface area contributed by atoms with Gasteiger partial charge < -0.3 is 10.6 Å². The summed E-state index contributed by atoms with van der Waals surface area (Å²) in [7, 11) is 0. The predicted octanol–water partition coefficient (Wildman–Crippen LogP) is 0.591. The molecule has 144 valence electrons. The molecule has 0 aliphatic carbocycles. The van der Waals surface area contributed by atoms with Crippen LogP contribution in [0.2, 0.25) is 0 Å². The SMILES string of the molecule is O=C(CNC(=O)c1ccccc1)NCC(=O)NN=Cc1ccccc1[N+](=O)[O-]. The van der Waals surface area contributed by atoms with Crippen LogP contribution in [0, 0.1) is 10.1 Å². The minimum atomic E-state index is -0.627. The van der Waals surface area contributed by atoms with Crippen LogP contribution < -0.4 is 16.1 Å². The summed E-state index contributed by atoms with van der Waals surface area (Å²) in [5.74, 6) is -1.59. The van der Waals surface area contributed by atoms with Crippen LogP contribution in [0.5, 0.6) is 0 Å². The zero-order valence-corrected chi connectivity index (χ0v) is 14.6. The molecule has 2 rings (SSSR count). The van der Waals surface area contributed by atoms with Crippen LogP contribution in [0.4, 0.5) is 5.69 Å². The van der Waals surface area contributed by atoms with Gasteiger partial charge in [-0.25, -0.2) is 5.43 Å². The molecular formula is C18H17N5O5. The number of hydrazone groups is 1. The van der Waals surface area contributed by atoms with Crippen molar-refractivity contribution in [2.24, 2.45) is 5.10 Å². The topological polar surface area (TPSA) is 143 Å². The van der Waals surface area contributed by atoms with Crippen molar-refractivity contribution in [3.05, 3.63) is 75.8 Å². The van der Waals surface area contributed by atoms with Crippen LogP contribution in [0.25, 0.3) is 0 Å². The third-order valence-electron chi connectivity index (χ3n) is 3.42. The van der Waals surface area contributed by atoms with Gasteiger partial charge in [-0.3, -0.25) is 24.5 Å². The number of amides is 3. The molecule has 3 N–H and O–H groups in total. The molecule has 0 saturated heterocycles. The van der Waals surface area contributed by atoms with E-state index in [-0.39, 0.29) is 24.3 Å². The standard InChI is InChI=1S/C18H17N5O5/c24-16(11-20-18(26)13-6-2-1-3-7-13)19-12-17(25)22-21-10-14-8-4-5-9-15(14)23(27)28/h1-10H,11-12H2,(H,19,24)(H,20,26)(H,22,25). The highest BCUT2D eigenvalue weighted by molar-refractivity contribution is 5.96. The summed E-state index contributed by atoms with van der Waals surface area (Å²) >= 11 is 0. The summed E-state index contributed by atoms with van der Waals surface area (Å²) in [6.45, 7) is -0.658. The lowest BCUT2D eigenvalue weighted by atomic mass is 10.2. The van der Waals surface area contributed by atoms with E-state index in [1.54, 1.807) is 36.4 Å². The number of hydrogen-bond donors (Lipinski definition) is 3. The van der Waals surface area contributed by atoms with E-state index in [9.17, 15) is 24.5 Å². The van der Waals surface area contributed by atoms with Crippen molar-refractivity contribution in [3.8, 4) is 0 Å². The van der Waals surface area contributed by atoms with Crippen LogP contribution in [-0.4, -0.2) is 41.9 Å². The Morgan fingerprint density at radius 1 is 0.929 bits per heavy atom. The number of nitro groups is 1. The van der Waals surface area contributed by atoms with E-state index in [1.165, 1.54) is 18.2 Å². The fourth-order valence-corrected chi connectivity index (χ4v) is 2.07. The Hall–Kier alpha value is -4.08. The van der Waals surface area contributed by atoms with Crippen LogP contribution in [-0.2, 0) is 9.59 Å². The predicted molar refractivity (Wildman–Crippen MR) is 101 cm³/mol. The van der Waals surface area contributed by atoms with Crippen LogP contribution >= 0.6 is 0 Å². The third-order valence-corrected chi connectivity index (χ3v) is 3.42. The van der Waals surface area contributed by atoms with Gasteiger partial charge in [0.05, 0.1) is 29.8 Å². The van der Waals surface area contributed by atoms with E-state index in [2.05, 4.69) is 21.2 Å². The zero-order chi connectivity index (χ0) is 20.4. The average molecular weight is 383 g/mol. The maximum atomic E-state index is 11.8. The maximum Gasteiger partial charge on any atom is 0.278 e. The number of carbonyl (C=O) groups excluding carboxylic acids is 3. The first-order valence-corrected chi connectivity index (χ1v) is 8.12. The molecule has 28 heavy (non-hydrogen) atoms. The van der Waals surface area contributed by atoms with Crippen LogP contribution in [0.3, 0.4) is 0 Å². The first-order chi connectivity index (χ1) is 13.5. The molecule has 0 unspecified atom stereocenters. The number of para-hydroxylation sites is 1. The van der Waals surface area contributed by atoms with E-state index < -0.39 is 22.6 Å². The van der Waals surface area contributed by atoms with E-state index >= 15 is 0 Å². The second-order valence-corrected chi connectivity index (χ2v) is 5.43. The quantitative estimate of drug-likeness (QED) is 0.347. The van der Waals surface area contributed by atoms with Gasteiger partial charge in [-0.1, -0.05) is 30.3 Å². The number of nitro benzene ring substituents is 1. The fourth-order valence-electron chi connectivity index (χ4n) is 2.07. The molecule has 0 radical (unpaired) electrons. The van der Waals surface area contributed by atoms with Gasteiger partial charge in [-0.15, -0.1) is 0 Å². The Labute approximate surface area is 159 Å². The van der Waals surface area contributed by atoms with Gasteiger partial charge in [0, 0.05) is 11.6 Å². The number of nitrogens with zero attached hydrogens (tertiary/aromatic N) is 2. The fraction of sp³-hybridized carbons (Fsp3) is 0.111. The molecule has 0 heterocycles. The van der Waals surface area contributed by atoms with E-state index in [1.807, 2.05) is 0 Å². The van der Waals surface area contributed by atoms with Crippen molar-refractivity contribution < 1.29 is 19.3 Å². The molecular weight excluding hydrogens is 366 g/mol. The van der Waals surface area contributed by atoms with Crippen LogP contribution in [0.15, 0.2) is 59.7 Å². The van der Waals surface area contributed by atoms with Crippen molar-refractivity contribution in [2.75, 3.05) is 13.1 Å². The Morgan fingerprint density at radius 2 is 1.57 bits per heavy atom. The van der Waals surface area contributed by atoms with Gasteiger partial charge >= 0.3 is 0 Å². The Balaban J connectivity index is 1.73. The Kier molecular flexibility index (Phi) is 7.34. The lowest BCUT2D eigenvalue weighted by Crippen LogP contribution is -2.41. The number of hydrogen-bond acceptors (Lipinski definition) is 6. The molecule has 0 bridgehead atoms. The summed E-state index contributed by atoms with van der Waals surface area (Å²) in [6, 6.07) is 14.3. The third kappa shape index (κ3) is 6.33. The molecule has 0 saturated carbocycles. The molecule has 0 spiro atoms. The summed E-state index contributed by atoms with van der Waals surface area (Å²) in [6.07, 6.45) is 1.14. The number of rotatable bonds is 8. The largest absolute Gasteiger partial charge is 0.345 e. The highest BCUT2D eigenvalue weighted by atomic mass is 16.6. The molecule has 2 aromatic carbocycles. The Morgan fingerprint density at radius 3 is 2.29 bits per heavy atom. The number of nitrogens with one attached hydrogen (secondary N) is 3. The highest BCUT2D eigenvalue weighted by Crippen LogP contribution is 2.14. The molecule has 2 aromatic rings. The smallest absolute Gasteiger partial charge is 0.278 e. The minimum Gasteiger partial charge on any atom is -0.345 e. The van der Waals surface area contributed by atoms with Gasteiger partial charge in [-0.2, -0.15) is 5.10 Å². The summed E-state index contributed by atoms with van der Waals surface area (Å²) in [5, 5.41) is 19.2. The van der Waals surface area contributed by atoms with Crippen molar-refractivity contribution in [1.82, 2.24) is 16.1 Å². The van der Waals surface area contributed by atoms with Crippen molar-refractivity contribution in [1.29, 1.82) is 0 Å². The lowest BCUT2D eigenvalue weighted by Gasteiger charge is -2.06. The first kappa shape index (κ1) is 20.2. The average Bonchev–Trinajstić information content (AvgIpc) is 2.71. The molecule has 10 nitrogen and oxygen atoms in total. The molecule has 3 amide bonds. The summed E-state index contributed by atoms with van der Waals surface area (Å²) < 4.78 is 0. The van der Waals surface area contributed by atoms with E-state index in [0.717, 1.165) is 6.21 Å². The minimum absolute atomic E-state index is 0.150. The number of carbonyl (C=O) groups is 3. The highest BCUT2D eigenvalue weighted by Gasteiger charge is 2.11. The molecule has 0 aliphatic heterocycles. The van der Waals surface area contributed by atoms with Gasteiger partial charge in [-0.05, 0) is 18.2 Å². The van der Waals surface area contributed by atoms with E-state index in [0.29, 0.717) is 5.56 Å². The molecule has 0 fully saturated rings. The van der Waals surface area contributed by atoms with E-state index in [4.69, 9.17) is 0 Å². The van der Waals surface area contributed by atoms with Crippen molar-refractivity contribution in [2.45, 2.75) is 0 Å². The van der Waals surface area contributed by atoms with Gasteiger partial charge in [0.25, 0.3) is 17.5 Å². The van der Waals surface area contributed by atoms with Gasteiger partial charge in [0.1, 0.15) is 0 Å². The Bertz CT molecular complexity index is 898. The normalized spacial score (nSPS) is 10.3. The van der Waals surface area contributed by atoms with Crippen molar-refractivity contribution in [3.63, 3.8) is 0 Å². The molecule has 0 aromatic heterocycles. The van der Waals surface area contributed by atoms with Crippen molar-refractivity contribution >= 4 is 29.6 Å². The second-order valence-electron chi connectivity index (χ2n) is 5.43. The second kappa shape index (κ2) is 10.2. The zero-order valence-electron chi connectivity index (χ0n) is 14.6. The monoisotopic (exact) mass is 383 g/mol. The maximum absolute atomic E-state index is 11.8. The molecule has 10 heteroatoms. The first-order valence-electron chi connectivity index (χ1n) is 8.12. The van der Waals surface area contributed by atoms with Gasteiger partial charge in [0.15, 0.2) is 0 Å². The summed E-state index contributed by atoms with van der Waals surface area (Å²) in [5.41, 5.74) is 2.64. The summed E-state index contributed by atoms with van der Waals surface area (Å²) in [4.78, 5) is 45.4. The molecule has 0 atom stereocenters. The lowest BCUT2D eigenvalue weighted by molar-refractivity contribution is -0.385. The van der Waals surface area contributed by atoms with Crippen LogP contribution in [0.1, 0.15) is 15.9 Å². The number of benzene rings is 2. The molecule has 0 aliphatic rings.